The number of hydrogen-bond acceptors (Lipinski definition) is 2. The van der Waals surface area contributed by atoms with Gasteiger partial charge in [-0.3, -0.25) is 9.69 Å². The minimum absolute atomic E-state index is 0.0649. The summed E-state index contributed by atoms with van der Waals surface area (Å²) in [5.74, 6) is -1.27. The smallest absolute Gasteiger partial charge is 0.307 e. The second kappa shape index (κ2) is 4.84. The summed E-state index contributed by atoms with van der Waals surface area (Å²) in [6.45, 7) is 3.29. The van der Waals surface area contributed by atoms with Gasteiger partial charge in [0.15, 0.2) is 0 Å². The molecular weight excluding hydrogens is 221 g/mol. The average molecular weight is 237 g/mol. The van der Waals surface area contributed by atoms with Gasteiger partial charge in [0.2, 0.25) is 0 Å². The topological polar surface area (TPSA) is 40.5 Å². The van der Waals surface area contributed by atoms with E-state index in [4.69, 9.17) is 5.11 Å². The molecule has 4 heteroatoms. The lowest BCUT2D eigenvalue weighted by molar-refractivity contribution is -0.141. The molecule has 1 aromatic carbocycles. The highest BCUT2D eigenvalue weighted by molar-refractivity contribution is 5.70. The Hall–Kier alpha value is -1.42. The van der Waals surface area contributed by atoms with E-state index in [1.165, 1.54) is 12.1 Å². The third-order valence-corrected chi connectivity index (χ3v) is 3.45. The van der Waals surface area contributed by atoms with Crippen molar-refractivity contribution in [2.75, 3.05) is 13.1 Å². The van der Waals surface area contributed by atoms with Crippen molar-refractivity contribution in [3.63, 3.8) is 0 Å². The van der Waals surface area contributed by atoms with E-state index in [0.29, 0.717) is 13.0 Å². The van der Waals surface area contributed by atoms with Crippen LogP contribution in [0.2, 0.25) is 0 Å². The number of halogens is 1. The summed E-state index contributed by atoms with van der Waals surface area (Å²) < 4.78 is 13.1. The molecule has 1 saturated heterocycles. The molecule has 17 heavy (non-hydrogen) atoms. The predicted molar refractivity (Wildman–Crippen MR) is 62.1 cm³/mol. The molecule has 0 amide bonds. The van der Waals surface area contributed by atoms with E-state index < -0.39 is 5.97 Å². The van der Waals surface area contributed by atoms with E-state index >= 15 is 0 Å². The Labute approximate surface area is 99.9 Å². The maximum absolute atomic E-state index is 13.1. The first kappa shape index (κ1) is 12.0. The predicted octanol–water partition coefficient (Wildman–Crippen LogP) is 2.29. The van der Waals surface area contributed by atoms with Gasteiger partial charge in [-0.2, -0.15) is 0 Å². The monoisotopic (exact) mass is 237 g/mol. The van der Waals surface area contributed by atoms with Gasteiger partial charge >= 0.3 is 5.97 Å². The van der Waals surface area contributed by atoms with Crippen molar-refractivity contribution in [2.24, 2.45) is 5.92 Å². The zero-order valence-corrected chi connectivity index (χ0v) is 9.77. The van der Waals surface area contributed by atoms with Crippen molar-refractivity contribution in [1.82, 2.24) is 4.90 Å². The standard InChI is InChI=1S/C13H16FNO2/c1-9(10-3-2-4-12(14)7-10)15-6-5-11(8-15)13(16)17/h2-4,7,9,11H,5-6,8H2,1H3,(H,16,17)/t9-,11-/m0/s1. The van der Waals surface area contributed by atoms with Gasteiger partial charge in [-0.15, -0.1) is 0 Å². The van der Waals surface area contributed by atoms with Crippen LogP contribution >= 0.6 is 0 Å². The minimum atomic E-state index is -0.737. The number of carboxylic acid groups (broad SMARTS) is 1. The van der Waals surface area contributed by atoms with Gasteiger partial charge in [-0.05, 0) is 37.6 Å². The first-order chi connectivity index (χ1) is 8.08. The summed E-state index contributed by atoms with van der Waals surface area (Å²) in [6, 6.07) is 6.56. The van der Waals surface area contributed by atoms with Gasteiger partial charge in [-0.25, -0.2) is 4.39 Å². The molecule has 0 saturated carbocycles. The molecule has 0 aliphatic carbocycles. The molecule has 2 atom stereocenters. The first-order valence-electron chi connectivity index (χ1n) is 5.80. The molecular formula is C13H16FNO2. The SMILES string of the molecule is C[C@@H](c1cccc(F)c1)N1CC[C@H](C(=O)O)C1. The summed E-state index contributed by atoms with van der Waals surface area (Å²) in [5, 5.41) is 8.94. The molecule has 1 aliphatic heterocycles. The third-order valence-electron chi connectivity index (χ3n) is 3.45. The van der Waals surface area contributed by atoms with Crippen LogP contribution in [0.1, 0.15) is 24.9 Å². The molecule has 0 bridgehead atoms. The fourth-order valence-electron chi connectivity index (χ4n) is 2.32. The Morgan fingerprint density at radius 3 is 2.94 bits per heavy atom. The summed E-state index contributed by atoms with van der Waals surface area (Å²) in [4.78, 5) is 13.0. The fourth-order valence-corrected chi connectivity index (χ4v) is 2.32. The highest BCUT2D eigenvalue weighted by Crippen LogP contribution is 2.27. The maximum Gasteiger partial charge on any atom is 0.307 e. The van der Waals surface area contributed by atoms with Gasteiger partial charge in [0, 0.05) is 12.6 Å². The summed E-state index contributed by atoms with van der Waals surface area (Å²) in [6.07, 6.45) is 0.676. The molecule has 1 fully saturated rings. The maximum atomic E-state index is 13.1. The van der Waals surface area contributed by atoms with Crippen LogP contribution in [0.25, 0.3) is 0 Å². The van der Waals surface area contributed by atoms with Crippen LogP contribution in [-0.2, 0) is 4.79 Å². The largest absolute Gasteiger partial charge is 0.481 e. The van der Waals surface area contributed by atoms with Crippen molar-refractivity contribution in [2.45, 2.75) is 19.4 Å². The van der Waals surface area contributed by atoms with Crippen molar-refractivity contribution in [3.05, 3.63) is 35.6 Å². The van der Waals surface area contributed by atoms with Crippen LogP contribution < -0.4 is 0 Å². The fraction of sp³-hybridized carbons (Fsp3) is 0.462. The van der Waals surface area contributed by atoms with Crippen molar-refractivity contribution < 1.29 is 14.3 Å². The summed E-state index contributed by atoms with van der Waals surface area (Å²) in [7, 11) is 0. The third kappa shape index (κ3) is 2.64. The number of likely N-dealkylation sites (tertiary alicyclic amines) is 1. The van der Waals surface area contributed by atoms with Gasteiger partial charge in [0.05, 0.1) is 5.92 Å². The number of rotatable bonds is 3. The van der Waals surface area contributed by atoms with Gasteiger partial charge < -0.3 is 5.11 Å². The number of nitrogens with zero attached hydrogens (tertiary/aromatic N) is 1. The molecule has 0 spiro atoms. The van der Waals surface area contributed by atoms with Crippen LogP contribution in [0.5, 0.6) is 0 Å². The Morgan fingerprint density at radius 2 is 2.35 bits per heavy atom. The van der Waals surface area contributed by atoms with E-state index in [1.54, 1.807) is 6.07 Å². The lowest BCUT2D eigenvalue weighted by atomic mass is 10.1. The van der Waals surface area contributed by atoms with Crippen LogP contribution in [0.3, 0.4) is 0 Å². The molecule has 1 N–H and O–H groups in total. The Balaban J connectivity index is 2.06. The number of benzene rings is 1. The average Bonchev–Trinajstić information content (AvgIpc) is 2.77. The number of carboxylic acids is 1. The number of hydrogen-bond donors (Lipinski definition) is 1. The van der Waals surface area contributed by atoms with E-state index in [2.05, 4.69) is 4.90 Å². The van der Waals surface area contributed by atoms with E-state index in [-0.39, 0.29) is 17.8 Å². The van der Waals surface area contributed by atoms with Crippen molar-refractivity contribution >= 4 is 5.97 Å². The van der Waals surface area contributed by atoms with Crippen LogP contribution in [0.15, 0.2) is 24.3 Å². The Kier molecular flexibility index (Phi) is 3.43. The summed E-state index contributed by atoms with van der Waals surface area (Å²) in [5.41, 5.74) is 0.899. The van der Waals surface area contributed by atoms with Gasteiger partial charge in [-0.1, -0.05) is 12.1 Å². The molecule has 1 aliphatic rings. The Morgan fingerprint density at radius 1 is 1.59 bits per heavy atom. The van der Waals surface area contributed by atoms with E-state index in [0.717, 1.165) is 12.1 Å². The van der Waals surface area contributed by atoms with Crippen LogP contribution in [-0.4, -0.2) is 29.1 Å². The van der Waals surface area contributed by atoms with Crippen molar-refractivity contribution in [1.29, 1.82) is 0 Å². The first-order valence-corrected chi connectivity index (χ1v) is 5.80. The Bertz CT molecular complexity index is 422. The van der Waals surface area contributed by atoms with E-state index in [1.807, 2.05) is 13.0 Å². The molecule has 92 valence electrons. The lowest BCUT2D eigenvalue weighted by Gasteiger charge is -2.24. The molecule has 0 aromatic heterocycles. The lowest BCUT2D eigenvalue weighted by Crippen LogP contribution is -2.26. The highest BCUT2D eigenvalue weighted by Gasteiger charge is 2.30. The molecule has 1 heterocycles. The van der Waals surface area contributed by atoms with Gasteiger partial charge in [0.1, 0.15) is 5.82 Å². The zero-order valence-electron chi connectivity index (χ0n) is 9.77. The van der Waals surface area contributed by atoms with Crippen LogP contribution in [0, 0.1) is 11.7 Å². The molecule has 0 unspecified atom stereocenters. The molecule has 3 nitrogen and oxygen atoms in total. The molecule has 1 aromatic rings. The number of aliphatic carboxylic acids is 1. The summed E-state index contributed by atoms with van der Waals surface area (Å²) >= 11 is 0. The normalized spacial score (nSPS) is 22.6. The van der Waals surface area contributed by atoms with Crippen LogP contribution in [0.4, 0.5) is 4.39 Å². The second-order valence-corrected chi connectivity index (χ2v) is 4.55. The van der Waals surface area contributed by atoms with E-state index in [9.17, 15) is 9.18 Å². The molecule has 2 rings (SSSR count). The second-order valence-electron chi connectivity index (χ2n) is 4.55. The minimum Gasteiger partial charge on any atom is -0.481 e. The van der Waals surface area contributed by atoms with Gasteiger partial charge in [0.25, 0.3) is 0 Å². The quantitative estimate of drug-likeness (QED) is 0.876. The zero-order chi connectivity index (χ0) is 12.4. The number of carbonyl (C=O) groups is 1. The van der Waals surface area contributed by atoms with Crippen molar-refractivity contribution in [3.8, 4) is 0 Å². The molecule has 0 radical (unpaired) electrons. The highest BCUT2D eigenvalue weighted by atomic mass is 19.1.